The van der Waals surface area contributed by atoms with Crippen LogP contribution in [0.5, 0.6) is 0 Å². The molecule has 0 aliphatic rings. The smallest absolute Gasteiger partial charge is 0.150 e. The van der Waals surface area contributed by atoms with Gasteiger partial charge in [0.2, 0.25) is 0 Å². The van der Waals surface area contributed by atoms with Gasteiger partial charge in [-0.2, -0.15) is 0 Å². The highest BCUT2D eigenvalue weighted by atomic mass is 35.5. The third-order valence-corrected chi connectivity index (χ3v) is 3.05. The van der Waals surface area contributed by atoms with Gasteiger partial charge in [0.15, 0.2) is 5.82 Å². The van der Waals surface area contributed by atoms with E-state index in [9.17, 15) is 13.2 Å². The van der Waals surface area contributed by atoms with E-state index in [2.05, 4.69) is 5.32 Å². The zero-order chi connectivity index (χ0) is 14.0. The number of rotatable bonds is 3. The second kappa shape index (κ2) is 5.72. The maximum absolute atomic E-state index is 13.5. The molecule has 0 aromatic heterocycles. The van der Waals surface area contributed by atoms with E-state index in [0.29, 0.717) is 5.56 Å². The number of benzene rings is 2. The summed E-state index contributed by atoms with van der Waals surface area (Å²) in [6.07, 6.45) is 0. The summed E-state index contributed by atoms with van der Waals surface area (Å²) < 4.78 is 39.3. The van der Waals surface area contributed by atoms with Gasteiger partial charge in [-0.25, -0.2) is 13.2 Å². The van der Waals surface area contributed by atoms with Gasteiger partial charge >= 0.3 is 0 Å². The van der Waals surface area contributed by atoms with Crippen LogP contribution in [0.4, 0.5) is 18.9 Å². The molecule has 100 valence electrons. The molecule has 0 fully saturated rings. The second-order valence-electron chi connectivity index (χ2n) is 3.85. The maximum atomic E-state index is 13.5. The van der Waals surface area contributed by atoms with Gasteiger partial charge in [0.05, 0.1) is 15.7 Å². The molecule has 2 aromatic carbocycles. The van der Waals surface area contributed by atoms with Crippen LogP contribution in [0, 0.1) is 17.5 Å². The van der Waals surface area contributed by atoms with Crippen LogP contribution in [0.15, 0.2) is 30.3 Å². The topological polar surface area (TPSA) is 12.0 Å². The molecule has 0 saturated heterocycles. The Morgan fingerprint density at radius 2 is 1.63 bits per heavy atom. The highest BCUT2D eigenvalue weighted by Gasteiger charge is 2.10. The summed E-state index contributed by atoms with van der Waals surface area (Å²) in [4.78, 5) is 0. The maximum Gasteiger partial charge on any atom is 0.150 e. The molecule has 0 bridgehead atoms. The van der Waals surface area contributed by atoms with Gasteiger partial charge < -0.3 is 5.32 Å². The molecule has 0 spiro atoms. The Morgan fingerprint density at radius 1 is 0.895 bits per heavy atom. The highest BCUT2D eigenvalue weighted by Crippen LogP contribution is 2.27. The van der Waals surface area contributed by atoms with Crippen molar-refractivity contribution in [3.05, 3.63) is 63.4 Å². The van der Waals surface area contributed by atoms with Crippen LogP contribution in [-0.4, -0.2) is 0 Å². The van der Waals surface area contributed by atoms with Crippen molar-refractivity contribution in [2.75, 3.05) is 5.32 Å². The van der Waals surface area contributed by atoms with Gasteiger partial charge in [-0.3, -0.25) is 0 Å². The Labute approximate surface area is 118 Å². The average molecular weight is 306 g/mol. The molecule has 0 unspecified atom stereocenters. The lowest BCUT2D eigenvalue weighted by Gasteiger charge is -2.10. The monoisotopic (exact) mass is 305 g/mol. The van der Waals surface area contributed by atoms with Gasteiger partial charge in [0.25, 0.3) is 0 Å². The molecule has 0 aliphatic carbocycles. The summed E-state index contributed by atoms with van der Waals surface area (Å²) in [5, 5.41) is 2.63. The van der Waals surface area contributed by atoms with Gasteiger partial charge in [0.1, 0.15) is 11.6 Å². The lowest BCUT2D eigenvalue weighted by atomic mass is 10.2. The minimum atomic E-state index is -0.793. The molecule has 2 aromatic rings. The zero-order valence-electron chi connectivity index (χ0n) is 9.48. The van der Waals surface area contributed by atoms with Crippen molar-refractivity contribution in [2.24, 2.45) is 0 Å². The Morgan fingerprint density at radius 3 is 2.26 bits per heavy atom. The number of anilines is 1. The first-order valence-electron chi connectivity index (χ1n) is 5.29. The fourth-order valence-corrected chi connectivity index (χ4v) is 2.02. The van der Waals surface area contributed by atoms with Crippen LogP contribution in [0.2, 0.25) is 10.0 Å². The van der Waals surface area contributed by atoms with Gasteiger partial charge in [-0.1, -0.05) is 29.3 Å². The van der Waals surface area contributed by atoms with Gasteiger partial charge in [-0.05, 0) is 23.8 Å². The van der Waals surface area contributed by atoms with Gasteiger partial charge in [-0.15, -0.1) is 0 Å². The molecule has 0 aliphatic heterocycles. The molecule has 0 heterocycles. The molecule has 6 heteroatoms. The normalized spacial score (nSPS) is 10.6. The second-order valence-corrected chi connectivity index (χ2v) is 4.66. The summed E-state index contributed by atoms with van der Waals surface area (Å²) in [5.74, 6) is -2.08. The van der Waals surface area contributed by atoms with Crippen molar-refractivity contribution in [3.8, 4) is 0 Å². The first kappa shape index (κ1) is 14.0. The predicted octanol–water partition coefficient (Wildman–Crippen LogP) is 5.02. The summed E-state index contributed by atoms with van der Waals surface area (Å²) in [6.45, 7) is 0.183. The molecular formula is C13H8Cl2F3N. The van der Waals surface area contributed by atoms with E-state index < -0.39 is 17.5 Å². The van der Waals surface area contributed by atoms with E-state index in [-0.39, 0.29) is 22.3 Å². The molecule has 2 rings (SSSR count). The van der Waals surface area contributed by atoms with Crippen molar-refractivity contribution >= 4 is 28.9 Å². The zero-order valence-corrected chi connectivity index (χ0v) is 11.0. The minimum absolute atomic E-state index is 0.0106. The van der Waals surface area contributed by atoms with Crippen molar-refractivity contribution in [1.82, 2.24) is 0 Å². The molecule has 19 heavy (non-hydrogen) atoms. The molecule has 0 amide bonds. The summed E-state index contributed by atoms with van der Waals surface area (Å²) >= 11 is 11.4. The molecule has 0 atom stereocenters. The Balaban J connectivity index is 2.16. The van der Waals surface area contributed by atoms with E-state index >= 15 is 0 Å². The Bertz CT molecular complexity index is 594. The Kier molecular flexibility index (Phi) is 4.22. The van der Waals surface area contributed by atoms with E-state index in [1.54, 1.807) is 0 Å². The molecule has 1 N–H and O–H groups in total. The van der Waals surface area contributed by atoms with E-state index in [0.717, 1.165) is 12.1 Å². The van der Waals surface area contributed by atoms with Crippen molar-refractivity contribution < 1.29 is 13.2 Å². The fraction of sp³-hybridized carbons (Fsp3) is 0.0769. The van der Waals surface area contributed by atoms with Crippen LogP contribution in [-0.2, 0) is 6.54 Å². The van der Waals surface area contributed by atoms with Crippen LogP contribution >= 0.6 is 23.2 Å². The summed E-state index contributed by atoms with van der Waals surface area (Å²) in [7, 11) is 0. The van der Waals surface area contributed by atoms with E-state index in [4.69, 9.17) is 23.2 Å². The van der Waals surface area contributed by atoms with Crippen molar-refractivity contribution in [3.63, 3.8) is 0 Å². The van der Waals surface area contributed by atoms with Crippen LogP contribution in [0.1, 0.15) is 5.56 Å². The van der Waals surface area contributed by atoms with E-state index in [1.807, 2.05) is 0 Å². The van der Waals surface area contributed by atoms with Crippen LogP contribution < -0.4 is 5.32 Å². The van der Waals surface area contributed by atoms with E-state index in [1.165, 1.54) is 18.2 Å². The highest BCUT2D eigenvalue weighted by molar-refractivity contribution is 6.33. The number of hydrogen-bond acceptors (Lipinski definition) is 1. The average Bonchev–Trinajstić information content (AvgIpc) is 2.32. The van der Waals surface area contributed by atoms with Crippen LogP contribution in [0.3, 0.4) is 0 Å². The first-order chi connectivity index (χ1) is 8.97. The summed E-state index contributed by atoms with van der Waals surface area (Å²) in [6, 6.07) is 5.86. The SMILES string of the molecule is Fc1cc(F)c(NCc2ccc(F)c(Cl)c2)c(Cl)c1. The lowest BCUT2D eigenvalue weighted by molar-refractivity contribution is 0.585. The Hall–Kier alpha value is -1.39. The van der Waals surface area contributed by atoms with Crippen molar-refractivity contribution in [1.29, 1.82) is 0 Å². The summed E-state index contributed by atoms with van der Waals surface area (Å²) in [5.41, 5.74) is 0.634. The molecular weight excluding hydrogens is 298 g/mol. The number of hydrogen-bond donors (Lipinski definition) is 1. The lowest BCUT2D eigenvalue weighted by Crippen LogP contribution is -2.03. The fourth-order valence-electron chi connectivity index (χ4n) is 1.55. The molecule has 0 saturated carbocycles. The minimum Gasteiger partial charge on any atom is -0.377 e. The third-order valence-electron chi connectivity index (χ3n) is 2.46. The van der Waals surface area contributed by atoms with Crippen LogP contribution in [0.25, 0.3) is 0 Å². The third kappa shape index (κ3) is 3.33. The molecule has 0 radical (unpaired) electrons. The first-order valence-corrected chi connectivity index (χ1v) is 6.05. The molecule has 1 nitrogen and oxygen atoms in total. The number of halogens is 5. The number of nitrogens with one attached hydrogen (secondary N) is 1. The van der Waals surface area contributed by atoms with Gasteiger partial charge in [0, 0.05) is 12.6 Å². The quantitative estimate of drug-likeness (QED) is 0.839. The largest absolute Gasteiger partial charge is 0.377 e. The van der Waals surface area contributed by atoms with Crippen molar-refractivity contribution in [2.45, 2.75) is 6.54 Å². The predicted molar refractivity (Wildman–Crippen MR) is 70.1 cm³/mol. The standard InChI is InChI=1S/C13H8Cl2F3N/c14-9-3-7(1-2-11(9)17)6-19-13-10(15)4-8(16)5-12(13)18/h1-5,19H,6H2.